The summed E-state index contributed by atoms with van der Waals surface area (Å²) in [5.74, 6) is 1.15. The van der Waals surface area contributed by atoms with Gasteiger partial charge in [-0.05, 0) is 42.0 Å². The van der Waals surface area contributed by atoms with Gasteiger partial charge in [-0.2, -0.15) is 0 Å². The quantitative estimate of drug-likeness (QED) is 0.720. The van der Waals surface area contributed by atoms with Crippen molar-refractivity contribution in [3.8, 4) is 11.5 Å². The molecule has 1 N–H and O–H groups in total. The van der Waals surface area contributed by atoms with Crippen molar-refractivity contribution in [2.75, 3.05) is 19.0 Å². The van der Waals surface area contributed by atoms with Crippen molar-refractivity contribution in [2.45, 2.75) is 6.54 Å². The second-order valence-corrected chi connectivity index (χ2v) is 5.45. The first-order valence-electron chi connectivity index (χ1n) is 7.84. The van der Waals surface area contributed by atoms with Crippen molar-refractivity contribution < 1.29 is 14.3 Å². The van der Waals surface area contributed by atoms with Crippen LogP contribution in [0.1, 0.15) is 5.56 Å². The lowest BCUT2D eigenvalue weighted by Crippen LogP contribution is -2.20. The van der Waals surface area contributed by atoms with Crippen molar-refractivity contribution in [3.05, 3.63) is 72.8 Å². The van der Waals surface area contributed by atoms with E-state index in [9.17, 15) is 4.79 Å². The number of benzene rings is 2. The van der Waals surface area contributed by atoms with Crippen molar-refractivity contribution in [1.82, 2.24) is 9.55 Å². The SMILES string of the molecule is COc1ccc(OCC(=O)Nc2cccc(Cn3ccnc3)c2)cc1. The molecule has 6 nitrogen and oxygen atoms in total. The summed E-state index contributed by atoms with van der Waals surface area (Å²) in [4.78, 5) is 16.1. The van der Waals surface area contributed by atoms with E-state index in [1.54, 1.807) is 43.9 Å². The summed E-state index contributed by atoms with van der Waals surface area (Å²) in [6, 6.07) is 14.8. The maximum absolute atomic E-state index is 12.1. The highest BCUT2D eigenvalue weighted by molar-refractivity contribution is 5.91. The van der Waals surface area contributed by atoms with Crippen LogP contribution in [0.5, 0.6) is 11.5 Å². The number of imidazole rings is 1. The van der Waals surface area contributed by atoms with Gasteiger partial charge in [0, 0.05) is 24.6 Å². The van der Waals surface area contributed by atoms with Gasteiger partial charge in [0.2, 0.25) is 0 Å². The molecule has 1 heterocycles. The number of carbonyl (C=O) groups excluding carboxylic acids is 1. The van der Waals surface area contributed by atoms with E-state index in [4.69, 9.17) is 9.47 Å². The van der Waals surface area contributed by atoms with Crippen LogP contribution >= 0.6 is 0 Å². The number of methoxy groups -OCH3 is 1. The molecule has 3 aromatic rings. The number of aromatic nitrogens is 2. The van der Waals surface area contributed by atoms with Crippen LogP contribution in [0.3, 0.4) is 0 Å². The number of hydrogen-bond acceptors (Lipinski definition) is 4. The molecule has 1 amide bonds. The predicted octanol–water partition coefficient (Wildman–Crippen LogP) is 2.96. The number of ether oxygens (including phenoxy) is 2. The van der Waals surface area contributed by atoms with Gasteiger partial charge < -0.3 is 19.4 Å². The van der Waals surface area contributed by atoms with Crippen LogP contribution in [-0.4, -0.2) is 29.2 Å². The van der Waals surface area contributed by atoms with Crippen LogP contribution in [0.2, 0.25) is 0 Å². The number of anilines is 1. The molecular weight excluding hydrogens is 318 g/mol. The largest absolute Gasteiger partial charge is 0.497 e. The van der Waals surface area contributed by atoms with Crippen molar-refractivity contribution >= 4 is 11.6 Å². The second-order valence-electron chi connectivity index (χ2n) is 5.45. The van der Waals surface area contributed by atoms with Crippen LogP contribution in [0.4, 0.5) is 5.69 Å². The summed E-state index contributed by atoms with van der Waals surface area (Å²) in [5, 5.41) is 2.84. The molecule has 0 fully saturated rings. The summed E-state index contributed by atoms with van der Waals surface area (Å²) < 4.78 is 12.5. The van der Waals surface area contributed by atoms with Crippen molar-refractivity contribution in [3.63, 3.8) is 0 Å². The Morgan fingerprint density at radius 2 is 1.96 bits per heavy atom. The number of amides is 1. The Morgan fingerprint density at radius 1 is 1.16 bits per heavy atom. The minimum Gasteiger partial charge on any atom is -0.497 e. The molecular formula is C19H19N3O3. The Labute approximate surface area is 146 Å². The number of rotatable bonds is 7. The van der Waals surface area contributed by atoms with Crippen molar-refractivity contribution in [1.29, 1.82) is 0 Å². The first-order valence-corrected chi connectivity index (χ1v) is 7.84. The molecule has 0 unspecified atom stereocenters. The van der Waals surface area contributed by atoms with Crippen LogP contribution in [-0.2, 0) is 11.3 Å². The molecule has 0 aliphatic rings. The molecule has 0 saturated carbocycles. The smallest absolute Gasteiger partial charge is 0.262 e. The van der Waals surface area contributed by atoms with E-state index < -0.39 is 0 Å². The van der Waals surface area contributed by atoms with E-state index >= 15 is 0 Å². The van der Waals surface area contributed by atoms with Crippen LogP contribution in [0, 0.1) is 0 Å². The number of hydrogen-bond donors (Lipinski definition) is 1. The fraction of sp³-hybridized carbons (Fsp3) is 0.158. The third kappa shape index (κ3) is 4.84. The summed E-state index contributed by atoms with van der Waals surface area (Å²) in [7, 11) is 1.60. The molecule has 128 valence electrons. The van der Waals surface area contributed by atoms with Crippen molar-refractivity contribution in [2.24, 2.45) is 0 Å². The number of nitrogens with zero attached hydrogens (tertiary/aromatic N) is 2. The normalized spacial score (nSPS) is 10.3. The molecule has 6 heteroatoms. The summed E-state index contributed by atoms with van der Waals surface area (Å²) >= 11 is 0. The van der Waals surface area contributed by atoms with Gasteiger partial charge in [-0.1, -0.05) is 12.1 Å². The van der Waals surface area contributed by atoms with Gasteiger partial charge in [-0.15, -0.1) is 0 Å². The molecule has 2 aromatic carbocycles. The first kappa shape index (κ1) is 16.6. The minimum absolute atomic E-state index is 0.0575. The van der Waals surface area contributed by atoms with Gasteiger partial charge >= 0.3 is 0 Å². The number of carbonyl (C=O) groups is 1. The van der Waals surface area contributed by atoms with Gasteiger partial charge in [0.15, 0.2) is 6.61 Å². The van der Waals surface area contributed by atoms with Gasteiger partial charge in [-0.25, -0.2) is 4.98 Å². The van der Waals surface area contributed by atoms with E-state index in [2.05, 4.69) is 10.3 Å². The highest BCUT2D eigenvalue weighted by Crippen LogP contribution is 2.17. The average Bonchev–Trinajstić information content (AvgIpc) is 3.14. The maximum atomic E-state index is 12.1. The van der Waals surface area contributed by atoms with E-state index in [1.165, 1.54) is 0 Å². The summed E-state index contributed by atoms with van der Waals surface area (Å²) in [5.41, 5.74) is 1.81. The average molecular weight is 337 g/mol. The Kier molecular flexibility index (Phi) is 5.31. The highest BCUT2D eigenvalue weighted by Gasteiger charge is 2.05. The van der Waals surface area contributed by atoms with Gasteiger partial charge in [0.25, 0.3) is 5.91 Å². The Bertz CT molecular complexity index is 814. The standard InChI is InChI=1S/C19H19N3O3/c1-24-17-5-7-18(8-6-17)25-13-19(23)21-16-4-2-3-15(11-16)12-22-10-9-20-14-22/h2-11,14H,12-13H2,1H3,(H,21,23). The zero-order valence-corrected chi connectivity index (χ0v) is 13.9. The predicted molar refractivity (Wildman–Crippen MR) is 94.9 cm³/mol. The molecule has 0 saturated heterocycles. The van der Waals surface area contributed by atoms with Crippen LogP contribution < -0.4 is 14.8 Å². The molecule has 3 rings (SSSR count). The zero-order chi connectivity index (χ0) is 17.5. The van der Waals surface area contributed by atoms with E-state index in [-0.39, 0.29) is 12.5 Å². The third-order valence-corrected chi connectivity index (χ3v) is 3.56. The fourth-order valence-corrected chi connectivity index (χ4v) is 2.36. The molecule has 0 aliphatic heterocycles. The molecule has 0 atom stereocenters. The molecule has 1 aromatic heterocycles. The molecule has 0 bridgehead atoms. The summed E-state index contributed by atoms with van der Waals surface area (Å²) in [6.45, 7) is 0.643. The van der Waals surface area contributed by atoms with E-state index in [0.717, 1.165) is 17.0 Å². The fourth-order valence-electron chi connectivity index (χ4n) is 2.36. The lowest BCUT2D eigenvalue weighted by molar-refractivity contribution is -0.118. The van der Waals surface area contributed by atoms with Gasteiger partial charge in [0.1, 0.15) is 11.5 Å². The van der Waals surface area contributed by atoms with E-state index in [1.807, 2.05) is 35.0 Å². The van der Waals surface area contributed by atoms with E-state index in [0.29, 0.717) is 12.3 Å². The topological polar surface area (TPSA) is 65.4 Å². The Hall–Kier alpha value is -3.28. The first-order chi connectivity index (χ1) is 12.2. The minimum atomic E-state index is -0.212. The van der Waals surface area contributed by atoms with Crippen LogP contribution in [0.25, 0.3) is 0 Å². The molecule has 0 aliphatic carbocycles. The summed E-state index contributed by atoms with van der Waals surface area (Å²) in [6.07, 6.45) is 5.39. The zero-order valence-electron chi connectivity index (χ0n) is 13.9. The maximum Gasteiger partial charge on any atom is 0.262 e. The monoisotopic (exact) mass is 337 g/mol. The number of nitrogens with one attached hydrogen (secondary N) is 1. The van der Waals surface area contributed by atoms with Gasteiger partial charge in [0.05, 0.1) is 13.4 Å². The molecule has 0 radical (unpaired) electrons. The Morgan fingerprint density at radius 3 is 2.68 bits per heavy atom. The van der Waals surface area contributed by atoms with Crippen LogP contribution in [0.15, 0.2) is 67.3 Å². The molecule has 0 spiro atoms. The third-order valence-electron chi connectivity index (χ3n) is 3.56. The second kappa shape index (κ2) is 8.01. The van der Waals surface area contributed by atoms with Gasteiger partial charge in [-0.3, -0.25) is 4.79 Å². The molecule has 25 heavy (non-hydrogen) atoms. The lowest BCUT2D eigenvalue weighted by Gasteiger charge is -2.09. The lowest BCUT2D eigenvalue weighted by atomic mass is 10.2. The highest BCUT2D eigenvalue weighted by atomic mass is 16.5. The Balaban J connectivity index is 1.53.